The zero-order valence-corrected chi connectivity index (χ0v) is 16.5. The van der Waals surface area contributed by atoms with Crippen LogP contribution in [-0.2, 0) is 6.18 Å². The number of likely N-dealkylation sites (tertiary alicyclic amines) is 1. The number of hydrogen-bond acceptors (Lipinski definition) is 6. The second-order valence-electron chi connectivity index (χ2n) is 6.85. The zero-order chi connectivity index (χ0) is 22.3. The van der Waals surface area contributed by atoms with Gasteiger partial charge in [0.05, 0.1) is 22.8 Å². The van der Waals surface area contributed by atoms with Crippen LogP contribution in [0.3, 0.4) is 0 Å². The zero-order valence-electron chi connectivity index (χ0n) is 15.7. The van der Waals surface area contributed by atoms with Crippen molar-refractivity contribution >= 4 is 39.4 Å². The normalized spacial score (nSPS) is 16.6. The number of aromatic hydroxyl groups is 1. The first-order valence-electron chi connectivity index (χ1n) is 9.11. The number of benzene rings is 1. The van der Waals surface area contributed by atoms with Gasteiger partial charge in [0.25, 0.3) is 5.91 Å². The van der Waals surface area contributed by atoms with Crippen LogP contribution < -0.4 is 5.32 Å². The van der Waals surface area contributed by atoms with Crippen molar-refractivity contribution in [1.29, 1.82) is 0 Å². The Morgan fingerprint density at radius 3 is 2.71 bits per heavy atom. The van der Waals surface area contributed by atoms with Gasteiger partial charge in [-0.1, -0.05) is 6.07 Å². The Bertz CT molecular complexity index is 1170. The number of pyridine rings is 1. The third kappa shape index (κ3) is 3.74. The summed E-state index contributed by atoms with van der Waals surface area (Å²) in [5, 5.41) is 24.4. The van der Waals surface area contributed by atoms with Gasteiger partial charge in [-0.2, -0.15) is 13.2 Å². The summed E-state index contributed by atoms with van der Waals surface area (Å²) in [7, 11) is 0. The highest BCUT2D eigenvalue weighted by Gasteiger charge is 2.38. The average Bonchev–Trinajstić information content (AvgIpc) is 3.38. The number of alkyl halides is 3. The molecule has 1 aromatic carbocycles. The van der Waals surface area contributed by atoms with Crippen molar-refractivity contribution in [3.05, 3.63) is 46.6 Å². The maximum atomic E-state index is 13.6. The first-order chi connectivity index (χ1) is 14.7. The van der Waals surface area contributed by atoms with E-state index >= 15 is 0 Å². The van der Waals surface area contributed by atoms with Crippen LogP contribution >= 0.6 is 11.3 Å². The average molecular weight is 452 g/mol. The summed E-state index contributed by atoms with van der Waals surface area (Å²) in [5.41, 5.74) is -2.24. The Kier molecular flexibility index (Phi) is 5.17. The Labute approximate surface area is 177 Å². The first-order valence-corrected chi connectivity index (χ1v) is 9.99. The molecule has 0 spiro atoms. The molecule has 12 heteroatoms. The van der Waals surface area contributed by atoms with Crippen molar-refractivity contribution in [3.63, 3.8) is 0 Å². The Balaban J connectivity index is 1.97. The number of halogens is 3. The van der Waals surface area contributed by atoms with E-state index < -0.39 is 41.0 Å². The molecule has 8 nitrogen and oxygen atoms in total. The molecule has 3 heterocycles. The van der Waals surface area contributed by atoms with Crippen LogP contribution in [-0.4, -0.2) is 43.6 Å². The van der Waals surface area contributed by atoms with Crippen molar-refractivity contribution in [1.82, 2.24) is 14.9 Å². The predicted octanol–water partition coefficient (Wildman–Crippen LogP) is 4.48. The quantitative estimate of drug-likeness (QED) is 0.540. The van der Waals surface area contributed by atoms with Gasteiger partial charge in [0.1, 0.15) is 11.3 Å². The highest BCUT2D eigenvalue weighted by molar-refractivity contribution is 7.13. The van der Waals surface area contributed by atoms with Gasteiger partial charge in [-0.15, -0.1) is 11.3 Å². The summed E-state index contributed by atoms with van der Waals surface area (Å²) in [5.74, 6) is -1.54. The van der Waals surface area contributed by atoms with Crippen LogP contribution in [0.4, 0.5) is 23.1 Å². The number of carbonyl (C=O) groups excluding carboxylic acids is 1. The molecule has 162 valence electrons. The van der Waals surface area contributed by atoms with Gasteiger partial charge in [-0.25, -0.2) is 14.8 Å². The number of fused-ring (bicyclic) bond motifs is 1. The summed E-state index contributed by atoms with van der Waals surface area (Å²) in [6.07, 6.45) is -3.93. The SMILES string of the molecule is O=C(Nc1nccs1)c1c([C@@H]2CCCN2C(=O)O)nc2c(C(F)(F)F)cccc2c1O. The molecule has 0 aliphatic carbocycles. The lowest BCUT2D eigenvalue weighted by Gasteiger charge is -2.24. The van der Waals surface area contributed by atoms with Crippen molar-refractivity contribution < 1.29 is 33.0 Å². The van der Waals surface area contributed by atoms with Gasteiger partial charge in [0.2, 0.25) is 0 Å². The van der Waals surface area contributed by atoms with Crippen LogP contribution in [0.5, 0.6) is 5.75 Å². The van der Waals surface area contributed by atoms with E-state index in [2.05, 4.69) is 15.3 Å². The molecule has 0 bridgehead atoms. The minimum atomic E-state index is -4.76. The topological polar surface area (TPSA) is 116 Å². The first kappa shape index (κ1) is 20.8. The molecular formula is C19H15F3N4O4S. The molecule has 1 aliphatic heterocycles. The van der Waals surface area contributed by atoms with Crippen LogP contribution in [0.25, 0.3) is 10.9 Å². The molecule has 2 amide bonds. The minimum absolute atomic E-state index is 0.134. The maximum absolute atomic E-state index is 13.6. The largest absolute Gasteiger partial charge is 0.506 e. The molecular weight excluding hydrogens is 437 g/mol. The number of nitrogens with zero attached hydrogens (tertiary/aromatic N) is 3. The number of anilines is 1. The van der Waals surface area contributed by atoms with E-state index in [1.165, 1.54) is 12.3 Å². The fourth-order valence-corrected chi connectivity index (χ4v) is 4.23. The highest BCUT2D eigenvalue weighted by atomic mass is 32.1. The van der Waals surface area contributed by atoms with E-state index in [0.717, 1.165) is 28.4 Å². The van der Waals surface area contributed by atoms with Crippen molar-refractivity contribution in [2.24, 2.45) is 0 Å². The summed E-state index contributed by atoms with van der Waals surface area (Å²) >= 11 is 1.11. The van der Waals surface area contributed by atoms with Crippen molar-refractivity contribution in [3.8, 4) is 5.75 Å². The Morgan fingerprint density at radius 1 is 1.29 bits per heavy atom. The van der Waals surface area contributed by atoms with Crippen LogP contribution in [0.1, 0.15) is 40.5 Å². The molecule has 0 radical (unpaired) electrons. The van der Waals surface area contributed by atoms with Gasteiger partial charge >= 0.3 is 12.3 Å². The number of thiazole rings is 1. The molecule has 1 fully saturated rings. The van der Waals surface area contributed by atoms with E-state index in [1.54, 1.807) is 5.38 Å². The van der Waals surface area contributed by atoms with Crippen LogP contribution in [0.2, 0.25) is 0 Å². The van der Waals surface area contributed by atoms with E-state index in [4.69, 9.17) is 0 Å². The number of aromatic nitrogens is 2. The van der Waals surface area contributed by atoms with E-state index in [-0.39, 0.29) is 34.7 Å². The number of rotatable bonds is 3. The summed E-state index contributed by atoms with van der Waals surface area (Å²) < 4.78 is 40.7. The lowest BCUT2D eigenvalue weighted by atomic mass is 9.98. The van der Waals surface area contributed by atoms with Gasteiger partial charge in [-0.05, 0) is 25.0 Å². The third-order valence-corrected chi connectivity index (χ3v) is 5.70. The molecule has 1 saturated heterocycles. The number of hydrogen-bond donors (Lipinski definition) is 3. The molecule has 1 aliphatic rings. The number of nitrogens with one attached hydrogen (secondary N) is 1. The van der Waals surface area contributed by atoms with Gasteiger partial charge < -0.3 is 10.2 Å². The molecule has 2 aromatic heterocycles. The maximum Gasteiger partial charge on any atom is 0.418 e. The highest BCUT2D eigenvalue weighted by Crippen LogP contribution is 2.42. The molecule has 3 N–H and O–H groups in total. The third-order valence-electron chi connectivity index (χ3n) is 5.02. The lowest BCUT2D eigenvalue weighted by molar-refractivity contribution is -0.136. The fraction of sp³-hybridized carbons (Fsp3) is 0.263. The van der Waals surface area contributed by atoms with E-state index in [9.17, 15) is 33.0 Å². The van der Waals surface area contributed by atoms with Crippen LogP contribution in [0, 0.1) is 0 Å². The number of carboxylic acid groups (broad SMARTS) is 1. The lowest BCUT2D eigenvalue weighted by Crippen LogP contribution is -2.31. The van der Waals surface area contributed by atoms with E-state index in [1.807, 2.05) is 0 Å². The van der Waals surface area contributed by atoms with E-state index in [0.29, 0.717) is 6.42 Å². The van der Waals surface area contributed by atoms with Crippen molar-refractivity contribution in [2.45, 2.75) is 25.1 Å². The van der Waals surface area contributed by atoms with Crippen molar-refractivity contribution in [2.75, 3.05) is 11.9 Å². The Hall–Kier alpha value is -3.41. The number of amides is 2. The van der Waals surface area contributed by atoms with Gasteiger partial charge in [-0.3, -0.25) is 15.0 Å². The molecule has 0 unspecified atom stereocenters. The van der Waals surface area contributed by atoms with Crippen LogP contribution in [0.15, 0.2) is 29.8 Å². The molecule has 31 heavy (non-hydrogen) atoms. The predicted molar refractivity (Wildman–Crippen MR) is 105 cm³/mol. The molecule has 0 saturated carbocycles. The summed E-state index contributed by atoms with van der Waals surface area (Å²) in [6.45, 7) is 0.134. The molecule has 3 aromatic rings. The van der Waals surface area contributed by atoms with Gasteiger partial charge in [0, 0.05) is 23.5 Å². The second-order valence-corrected chi connectivity index (χ2v) is 7.74. The number of carbonyl (C=O) groups is 2. The molecule has 1 atom stereocenters. The standard InChI is InChI=1S/C19H15F3N4O4S/c20-19(21,22)10-4-1-3-9-13(10)24-14(11-5-2-7-26(11)18(29)30)12(15(9)27)16(28)25-17-23-6-8-31-17/h1,3-4,6,8,11H,2,5,7H2,(H,24,27)(H,29,30)(H,23,25,28)/t11-/m0/s1. The monoisotopic (exact) mass is 452 g/mol. The van der Waals surface area contributed by atoms with Gasteiger partial charge in [0.15, 0.2) is 5.13 Å². The second kappa shape index (κ2) is 7.69. The fourth-order valence-electron chi connectivity index (χ4n) is 3.71. The molecule has 4 rings (SSSR count). The number of para-hydroxylation sites is 1. The summed E-state index contributed by atoms with van der Waals surface area (Å²) in [6, 6.07) is 2.16. The Morgan fingerprint density at radius 2 is 2.06 bits per heavy atom. The smallest absolute Gasteiger partial charge is 0.418 e. The minimum Gasteiger partial charge on any atom is -0.506 e. The summed E-state index contributed by atoms with van der Waals surface area (Å²) in [4.78, 5) is 33.7.